The summed E-state index contributed by atoms with van der Waals surface area (Å²) in [5.74, 6) is -1.22. The highest BCUT2D eigenvalue weighted by molar-refractivity contribution is 7.14. The van der Waals surface area contributed by atoms with Crippen LogP contribution in [0.3, 0.4) is 0 Å². The fourth-order valence-corrected chi connectivity index (χ4v) is 3.08. The number of hydrogen-bond acceptors (Lipinski definition) is 4. The van der Waals surface area contributed by atoms with Crippen LogP contribution in [-0.2, 0) is 11.2 Å². The van der Waals surface area contributed by atoms with E-state index in [1.807, 2.05) is 13.8 Å². The van der Waals surface area contributed by atoms with Crippen LogP contribution in [0.2, 0.25) is 0 Å². The molecule has 0 aliphatic rings. The number of benzene rings is 1. The summed E-state index contributed by atoms with van der Waals surface area (Å²) in [4.78, 5) is 37.2. The van der Waals surface area contributed by atoms with E-state index in [4.69, 9.17) is 0 Å². The van der Waals surface area contributed by atoms with Crippen LogP contribution >= 0.6 is 11.3 Å². The number of aryl methyl sites for hydroxylation is 2. The third-order valence-electron chi connectivity index (χ3n) is 3.33. The van der Waals surface area contributed by atoms with Crippen LogP contribution in [0.5, 0.6) is 0 Å². The largest absolute Gasteiger partial charge is 0.343 e. The van der Waals surface area contributed by atoms with E-state index in [-0.39, 0.29) is 18.4 Å². The Hall–Kier alpha value is -2.67. The monoisotopic (exact) mass is 345 g/mol. The Labute approximate surface area is 144 Å². The molecule has 2 rings (SSSR count). The summed E-state index contributed by atoms with van der Waals surface area (Å²) in [7, 11) is 0. The zero-order valence-electron chi connectivity index (χ0n) is 13.5. The van der Waals surface area contributed by atoms with Crippen molar-refractivity contribution >= 4 is 29.1 Å². The first-order chi connectivity index (χ1) is 11.5. The summed E-state index contributed by atoms with van der Waals surface area (Å²) < 4.78 is 0. The number of amides is 3. The maximum Gasteiger partial charge on any atom is 0.279 e. The van der Waals surface area contributed by atoms with E-state index in [1.54, 1.807) is 36.4 Å². The highest BCUT2D eigenvalue weighted by Crippen LogP contribution is 2.21. The molecule has 3 amide bonds. The summed E-state index contributed by atoms with van der Waals surface area (Å²) >= 11 is 1.40. The minimum absolute atomic E-state index is 0.225. The van der Waals surface area contributed by atoms with Gasteiger partial charge in [0.05, 0.1) is 11.4 Å². The molecule has 0 saturated heterocycles. The van der Waals surface area contributed by atoms with Crippen molar-refractivity contribution in [2.75, 3.05) is 6.54 Å². The quantitative estimate of drug-likeness (QED) is 0.722. The molecule has 0 atom stereocenters. The van der Waals surface area contributed by atoms with Crippen molar-refractivity contribution in [3.8, 4) is 0 Å². The zero-order valence-corrected chi connectivity index (χ0v) is 14.3. The molecule has 3 N–H and O–H groups in total. The molecule has 2 aromatic rings. The predicted octanol–water partition coefficient (Wildman–Crippen LogP) is 1.81. The Morgan fingerprint density at radius 1 is 1.04 bits per heavy atom. The predicted molar refractivity (Wildman–Crippen MR) is 92.8 cm³/mol. The molecule has 0 unspecified atom stereocenters. The molecule has 0 aliphatic carbocycles. The Bertz CT molecular complexity index is 741. The van der Waals surface area contributed by atoms with Gasteiger partial charge in [0.1, 0.15) is 0 Å². The molecule has 7 heteroatoms. The minimum Gasteiger partial charge on any atom is -0.343 e. The first-order valence-corrected chi connectivity index (χ1v) is 8.34. The summed E-state index contributed by atoms with van der Waals surface area (Å²) in [6.07, 6.45) is 0.863. The summed E-state index contributed by atoms with van der Waals surface area (Å²) in [6.45, 7) is 3.75. The standard InChI is InChI=1S/C17H19N3O3S/c1-3-13-11(2)9-14(24-13)17(23)20-19-15(21)10-18-16(22)12-7-5-4-6-8-12/h4-9H,3,10H2,1-2H3,(H,18,22)(H,19,21)(H,20,23). The summed E-state index contributed by atoms with van der Waals surface area (Å²) in [5, 5.41) is 2.48. The molecule has 0 saturated carbocycles. The molecule has 126 valence electrons. The Kier molecular flexibility index (Phi) is 6.08. The van der Waals surface area contributed by atoms with Gasteiger partial charge in [-0.3, -0.25) is 25.2 Å². The van der Waals surface area contributed by atoms with E-state index in [1.165, 1.54) is 11.3 Å². The van der Waals surface area contributed by atoms with Crippen LogP contribution in [0.15, 0.2) is 36.4 Å². The van der Waals surface area contributed by atoms with E-state index in [0.29, 0.717) is 10.4 Å². The maximum atomic E-state index is 12.0. The van der Waals surface area contributed by atoms with E-state index < -0.39 is 5.91 Å². The van der Waals surface area contributed by atoms with Crippen molar-refractivity contribution in [3.63, 3.8) is 0 Å². The van der Waals surface area contributed by atoms with Crippen LogP contribution in [0.1, 0.15) is 37.4 Å². The maximum absolute atomic E-state index is 12.0. The number of nitrogens with one attached hydrogen (secondary N) is 3. The lowest BCUT2D eigenvalue weighted by Gasteiger charge is -2.07. The number of hydrogen-bond donors (Lipinski definition) is 3. The lowest BCUT2D eigenvalue weighted by atomic mass is 10.2. The molecule has 24 heavy (non-hydrogen) atoms. The van der Waals surface area contributed by atoms with Crippen molar-refractivity contribution < 1.29 is 14.4 Å². The first kappa shape index (κ1) is 17.7. The molecule has 0 radical (unpaired) electrons. The van der Waals surface area contributed by atoms with Gasteiger partial charge in [-0.1, -0.05) is 25.1 Å². The van der Waals surface area contributed by atoms with Crippen molar-refractivity contribution in [1.29, 1.82) is 0 Å². The van der Waals surface area contributed by atoms with Crippen LogP contribution in [-0.4, -0.2) is 24.3 Å². The van der Waals surface area contributed by atoms with Crippen molar-refractivity contribution in [2.24, 2.45) is 0 Å². The summed E-state index contributed by atoms with van der Waals surface area (Å²) in [6, 6.07) is 10.4. The van der Waals surface area contributed by atoms with Crippen LogP contribution in [0.25, 0.3) is 0 Å². The van der Waals surface area contributed by atoms with Gasteiger partial charge < -0.3 is 5.32 Å². The molecule has 0 spiro atoms. The van der Waals surface area contributed by atoms with E-state index in [9.17, 15) is 14.4 Å². The molecule has 0 aliphatic heterocycles. The Morgan fingerprint density at radius 2 is 1.75 bits per heavy atom. The third kappa shape index (κ3) is 4.66. The Balaban J connectivity index is 1.78. The zero-order chi connectivity index (χ0) is 17.5. The summed E-state index contributed by atoms with van der Waals surface area (Å²) in [5.41, 5.74) is 6.17. The number of thiophene rings is 1. The smallest absolute Gasteiger partial charge is 0.279 e. The topological polar surface area (TPSA) is 87.3 Å². The van der Waals surface area contributed by atoms with Gasteiger partial charge in [0, 0.05) is 10.4 Å². The van der Waals surface area contributed by atoms with E-state index in [2.05, 4.69) is 16.2 Å². The van der Waals surface area contributed by atoms with Crippen LogP contribution in [0.4, 0.5) is 0 Å². The second-order valence-electron chi connectivity index (χ2n) is 5.12. The molecule has 1 heterocycles. The van der Waals surface area contributed by atoms with Gasteiger partial charge >= 0.3 is 0 Å². The molecule has 6 nitrogen and oxygen atoms in total. The molecule has 1 aromatic carbocycles. The molecule has 1 aromatic heterocycles. The molecular weight excluding hydrogens is 326 g/mol. The fourth-order valence-electron chi connectivity index (χ4n) is 2.07. The normalized spacial score (nSPS) is 10.1. The molecule has 0 fully saturated rings. The second-order valence-corrected chi connectivity index (χ2v) is 6.26. The fraction of sp³-hybridized carbons (Fsp3) is 0.235. The van der Waals surface area contributed by atoms with Gasteiger partial charge in [0.15, 0.2) is 0 Å². The van der Waals surface area contributed by atoms with Gasteiger partial charge in [0.25, 0.3) is 17.7 Å². The van der Waals surface area contributed by atoms with Crippen molar-refractivity contribution in [1.82, 2.24) is 16.2 Å². The second kappa shape index (κ2) is 8.26. The SMILES string of the molecule is CCc1sc(C(=O)NNC(=O)CNC(=O)c2ccccc2)cc1C. The number of hydrazine groups is 1. The van der Waals surface area contributed by atoms with Crippen molar-refractivity contribution in [3.05, 3.63) is 57.3 Å². The molecule has 0 bridgehead atoms. The van der Waals surface area contributed by atoms with Gasteiger partial charge in [-0.15, -0.1) is 11.3 Å². The van der Waals surface area contributed by atoms with Crippen LogP contribution < -0.4 is 16.2 Å². The van der Waals surface area contributed by atoms with E-state index >= 15 is 0 Å². The van der Waals surface area contributed by atoms with Gasteiger partial charge in [0.2, 0.25) is 0 Å². The van der Waals surface area contributed by atoms with Crippen molar-refractivity contribution in [2.45, 2.75) is 20.3 Å². The Morgan fingerprint density at radius 3 is 2.38 bits per heavy atom. The van der Waals surface area contributed by atoms with Crippen LogP contribution in [0, 0.1) is 6.92 Å². The highest BCUT2D eigenvalue weighted by atomic mass is 32.1. The van der Waals surface area contributed by atoms with Gasteiger partial charge in [-0.25, -0.2) is 0 Å². The first-order valence-electron chi connectivity index (χ1n) is 7.53. The lowest BCUT2D eigenvalue weighted by molar-refractivity contribution is -0.120. The van der Waals surface area contributed by atoms with Gasteiger partial charge in [-0.05, 0) is 37.1 Å². The van der Waals surface area contributed by atoms with Gasteiger partial charge in [-0.2, -0.15) is 0 Å². The number of rotatable bonds is 5. The minimum atomic E-state index is -0.503. The lowest BCUT2D eigenvalue weighted by Crippen LogP contribution is -2.46. The third-order valence-corrected chi connectivity index (χ3v) is 4.71. The van der Waals surface area contributed by atoms with E-state index in [0.717, 1.165) is 16.9 Å². The average Bonchev–Trinajstić information content (AvgIpc) is 2.99. The average molecular weight is 345 g/mol. The highest BCUT2D eigenvalue weighted by Gasteiger charge is 2.13. The molecular formula is C17H19N3O3S. The number of carbonyl (C=O) groups excluding carboxylic acids is 3. The number of carbonyl (C=O) groups is 3.